The van der Waals surface area contributed by atoms with Crippen LogP contribution in [0, 0.1) is 0 Å². The fourth-order valence-electron chi connectivity index (χ4n) is 1.32. The van der Waals surface area contributed by atoms with Crippen LogP contribution in [0.4, 0.5) is 0 Å². The maximum absolute atomic E-state index is 4.94. The molecule has 1 atom stereocenters. The third-order valence-electron chi connectivity index (χ3n) is 1.64. The second-order valence-electron chi connectivity index (χ2n) is 6.29. The van der Waals surface area contributed by atoms with Crippen LogP contribution in [-0.4, -0.2) is 35.9 Å². The second-order valence-corrected chi connectivity index (χ2v) is 17.3. The summed E-state index contributed by atoms with van der Waals surface area (Å²) in [4.78, 5) is 0. The van der Waals surface area contributed by atoms with E-state index >= 15 is 0 Å². The normalized spacial score (nSPS) is 17.7. The molecule has 1 rings (SSSR count). The SMILES string of the molecule is C/[S@@](=N\[Si](C)(C)C)[N-][Si](C)(C)C.C1CCOC1.[Li+]. The van der Waals surface area contributed by atoms with Gasteiger partial charge in [-0.25, -0.2) is 10.9 Å². The van der Waals surface area contributed by atoms with Crippen molar-refractivity contribution in [3.8, 4) is 0 Å². The van der Waals surface area contributed by atoms with Crippen LogP contribution < -0.4 is 18.9 Å². The fraction of sp³-hybridized carbons (Fsp3) is 1.00. The van der Waals surface area contributed by atoms with Crippen molar-refractivity contribution in [2.24, 2.45) is 4.03 Å². The minimum Gasteiger partial charge on any atom is -0.598 e. The Kier molecular flexibility index (Phi) is 11.8. The van der Waals surface area contributed by atoms with Crippen LogP contribution in [0.15, 0.2) is 4.03 Å². The van der Waals surface area contributed by atoms with Gasteiger partial charge in [0.25, 0.3) is 0 Å². The van der Waals surface area contributed by atoms with Crippen molar-refractivity contribution in [2.75, 3.05) is 19.5 Å². The third-order valence-corrected chi connectivity index (χ3v) is 8.13. The van der Waals surface area contributed by atoms with Gasteiger partial charge in [0.2, 0.25) is 0 Å². The summed E-state index contributed by atoms with van der Waals surface area (Å²) in [5.41, 5.74) is 0. The van der Waals surface area contributed by atoms with Gasteiger partial charge in [-0.2, -0.15) is 0 Å². The Morgan fingerprint density at radius 3 is 1.67 bits per heavy atom. The zero-order chi connectivity index (χ0) is 13.5. The topological polar surface area (TPSA) is 35.7 Å². The molecule has 1 heterocycles. The number of ether oxygens (including phenoxy) is 1. The molecule has 7 heteroatoms. The Labute approximate surface area is 130 Å². The summed E-state index contributed by atoms with van der Waals surface area (Å²) in [5.74, 6) is 0. The monoisotopic (exact) mass is 300 g/mol. The largest absolute Gasteiger partial charge is 1.00 e. The first kappa shape index (κ1) is 21.4. The molecule has 1 saturated heterocycles. The smallest absolute Gasteiger partial charge is 0.598 e. The van der Waals surface area contributed by atoms with Crippen molar-refractivity contribution in [1.29, 1.82) is 0 Å². The Morgan fingerprint density at radius 2 is 1.44 bits per heavy atom. The molecular weight excluding hydrogens is 271 g/mol. The van der Waals surface area contributed by atoms with Crippen LogP contribution >= 0.6 is 0 Å². The van der Waals surface area contributed by atoms with Gasteiger partial charge in [-0.1, -0.05) is 27.9 Å². The van der Waals surface area contributed by atoms with Gasteiger partial charge in [-0.15, -0.1) is 0 Å². The molecule has 1 aliphatic rings. The molecule has 0 amide bonds. The predicted molar refractivity (Wildman–Crippen MR) is 85.8 cm³/mol. The minimum absolute atomic E-state index is 0. The average Bonchev–Trinajstić information content (AvgIpc) is 2.50. The molecule has 0 unspecified atom stereocenters. The molecule has 0 aromatic heterocycles. The minimum atomic E-state index is -1.25. The van der Waals surface area contributed by atoms with Crippen LogP contribution in [-0.2, 0) is 15.6 Å². The third kappa shape index (κ3) is 17.1. The second kappa shape index (κ2) is 9.92. The van der Waals surface area contributed by atoms with Gasteiger partial charge in [-0.3, -0.25) is 0 Å². The Balaban J connectivity index is 0. The molecule has 1 fully saturated rings. The summed E-state index contributed by atoms with van der Waals surface area (Å²) in [5, 5.41) is 0. The standard InChI is InChI=1S/C7H21N2SSi2.C4H8O.Li/c1-10(8-11(2,3)4)9-12(5,6)7;1-2-4-5-3-1;/h1-7H3;1-4H2;/q-1;;+1. The molecule has 0 radical (unpaired) electrons. The van der Waals surface area contributed by atoms with E-state index in [2.05, 4.69) is 45.5 Å². The summed E-state index contributed by atoms with van der Waals surface area (Å²) in [6, 6.07) is 0. The Bertz CT molecular complexity index is 241. The van der Waals surface area contributed by atoms with E-state index in [1.165, 1.54) is 12.8 Å². The Morgan fingerprint density at radius 1 is 1.00 bits per heavy atom. The molecule has 0 spiro atoms. The van der Waals surface area contributed by atoms with E-state index in [9.17, 15) is 0 Å². The number of rotatable bonds is 3. The van der Waals surface area contributed by atoms with Gasteiger partial charge in [-0.05, 0) is 38.7 Å². The Hall–Kier alpha value is 1.10. The van der Waals surface area contributed by atoms with Crippen molar-refractivity contribution < 1.29 is 23.6 Å². The van der Waals surface area contributed by atoms with Crippen LogP contribution in [0.5, 0.6) is 0 Å². The van der Waals surface area contributed by atoms with E-state index in [-0.39, 0.29) is 29.7 Å². The summed E-state index contributed by atoms with van der Waals surface area (Å²) in [7, 11) is -2.54. The van der Waals surface area contributed by atoms with Crippen LogP contribution in [0.3, 0.4) is 0 Å². The number of nitrogens with zero attached hydrogens (tertiary/aromatic N) is 2. The molecule has 0 aliphatic carbocycles. The fourth-order valence-corrected chi connectivity index (χ4v) is 8.20. The molecule has 0 aromatic rings. The van der Waals surface area contributed by atoms with Gasteiger partial charge in [0.1, 0.15) is 0 Å². The zero-order valence-electron chi connectivity index (χ0n) is 13.5. The summed E-state index contributed by atoms with van der Waals surface area (Å²) < 4.78 is 14.4. The first-order valence-electron chi connectivity index (χ1n) is 6.30. The van der Waals surface area contributed by atoms with Gasteiger partial charge in [0.05, 0.1) is 0 Å². The van der Waals surface area contributed by atoms with Gasteiger partial charge >= 0.3 is 18.9 Å². The van der Waals surface area contributed by atoms with E-state index < -0.39 is 16.5 Å². The molecule has 0 aromatic carbocycles. The van der Waals surface area contributed by atoms with E-state index in [1.807, 2.05) is 0 Å². The molecule has 104 valence electrons. The summed E-state index contributed by atoms with van der Waals surface area (Å²) in [6.45, 7) is 15.6. The van der Waals surface area contributed by atoms with Crippen molar-refractivity contribution in [3.05, 3.63) is 4.39 Å². The van der Waals surface area contributed by atoms with Gasteiger partial charge in [0.15, 0.2) is 8.24 Å². The van der Waals surface area contributed by atoms with E-state index in [4.69, 9.17) is 13.2 Å². The molecule has 1 aliphatic heterocycles. The average molecular weight is 301 g/mol. The molecule has 0 N–H and O–H groups in total. The molecular formula is C11H29LiN2OSSi2. The summed E-state index contributed by atoms with van der Waals surface area (Å²) in [6.07, 6.45) is 4.69. The molecule has 0 bridgehead atoms. The molecule has 0 saturated carbocycles. The van der Waals surface area contributed by atoms with Crippen molar-refractivity contribution in [1.82, 2.24) is 0 Å². The van der Waals surface area contributed by atoms with Gasteiger partial charge in [0, 0.05) is 13.2 Å². The first-order valence-corrected chi connectivity index (χ1v) is 14.7. The van der Waals surface area contributed by atoms with Crippen LogP contribution in [0.2, 0.25) is 39.3 Å². The zero-order valence-corrected chi connectivity index (χ0v) is 16.4. The van der Waals surface area contributed by atoms with Crippen LogP contribution in [0.25, 0.3) is 4.39 Å². The predicted octanol–water partition coefficient (Wildman–Crippen LogP) is 1.18. The summed E-state index contributed by atoms with van der Waals surface area (Å²) >= 11 is 0. The van der Waals surface area contributed by atoms with E-state index in [0.29, 0.717) is 0 Å². The van der Waals surface area contributed by atoms with Gasteiger partial charge < -0.3 is 13.2 Å². The van der Waals surface area contributed by atoms with Crippen molar-refractivity contribution >= 4 is 27.3 Å². The van der Waals surface area contributed by atoms with E-state index in [0.717, 1.165) is 13.2 Å². The van der Waals surface area contributed by atoms with Crippen molar-refractivity contribution in [2.45, 2.75) is 52.1 Å². The maximum Gasteiger partial charge on any atom is 1.00 e. The van der Waals surface area contributed by atoms with Crippen LogP contribution in [0.1, 0.15) is 12.8 Å². The van der Waals surface area contributed by atoms with Crippen molar-refractivity contribution in [3.63, 3.8) is 0 Å². The first-order chi connectivity index (χ1) is 7.60. The van der Waals surface area contributed by atoms with E-state index in [1.54, 1.807) is 0 Å². The quantitative estimate of drug-likeness (QED) is 0.721. The molecule has 18 heavy (non-hydrogen) atoms. The maximum atomic E-state index is 4.94. The molecule has 3 nitrogen and oxygen atoms in total. The number of hydrogen-bond acceptors (Lipinski definition) is 2. The number of hydrogen-bond donors (Lipinski definition) is 0.